The van der Waals surface area contributed by atoms with E-state index in [0.717, 1.165) is 12.1 Å². The maximum atomic E-state index is 13.2. The largest absolute Gasteiger partial charge is 0.478 e. The third-order valence-electron chi connectivity index (χ3n) is 2.45. The standard InChI is InChI=1S/C13H15FN2O4/c1-2-5-16(6-7-17)13(20)15-9-3-4-11(14)10(8-9)12(18)19/h2-4,8,17H,1,5-7H2,(H,15,20)(H,18,19). The van der Waals surface area contributed by atoms with Gasteiger partial charge < -0.3 is 20.4 Å². The number of carboxylic acid groups (broad SMARTS) is 1. The lowest BCUT2D eigenvalue weighted by molar-refractivity contribution is 0.0692. The van der Waals surface area contributed by atoms with Crippen molar-refractivity contribution >= 4 is 17.7 Å². The van der Waals surface area contributed by atoms with Crippen LogP contribution in [-0.2, 0) is 0 Å². The van der Waals surface area contributed by atoms with Crippen molar-refractivity contribution in [3.05, 3.63) is 42.2 Å². The van der Waals surface area contributed by atoms with Gasteiger partial charge in [-0.1, -0.05) is 6.08 Å². The van der Waals surface area contributed by atoms with Crippen molar-refractivity contribution in [2.24, 2.45) is 0 Å². The number of nitrogens with zero attached hydrogens (tertiary/aromatic N) is 1. The highest BCUT2D eigenvalue weighted by Crippen LogP contribution is 2.15. The Morgan fingerprint density at radius 1 is 1.45 bits per heavy atom. The SMILES string of the molecule is C=CCN(CCO)C(=O)Nc1ccc(F)c(C(=O)O)c1. The molecule has 0 saturated heterocycles. The molecule has 20 heavy (non-hydrogen) atoms. The van der Waals surface area contributed by atoms with Crippen molar-refractivity contribution < 1.29 is 24.2 Å². The number of rotatable bonds is 6. The Morgan fingerprint density at radius 2 is 2.15 bits per heavy atom. The fraction of sp³-hybridized carbons (Fsp3) is 0.231. The van der Waals surface area contributed by atoms with Gasteiger partial charge in [-0.3, -0.25) is 0 Å². The molecule has 0 saturated carbocycles. The Bertz CT molecular complexity index is 519. The van der Waals surface area contributed by atoms with E-state index in [-0.39, 0.29) is 25.4 Å². The van der Waals surface area contributed by atoms with Gasteiger partial charge in [0.25, 0.3) is 0 Å². The number of hydrogen-bond donors (Lipinski definition) is 3. The van der Waals surface area contributed by atoms with Gasteiger partial charge in [-0.05, 0) is 18.2 Å². The first-order valence-electron chi connectivity index (χ1n) is 5.80. The molecule has 6 nitrogen and oxygen atoms in total. The molecule has 1 rings (SSSR count). The average Bonchev–Trinajstić information content (AvgIpc) is 2.40. The lowest BCUT2D eigenvalue weighted by Crippen LogP contribution is -2.37. The summed E-state index contributed by atoms with van der Waals surface area (Å²) in [5, 5.41) is 20.1. The molecule has 3 N–H and O–H groups in total. The Hall–Kier alpha value is -2.41. The van der Waals surface area contributed by atoms with Gasteiger partial charge >= 0.3 is 12.0 Å². The van der Waals surface area contributed by atoms with Gasteiger partial charge in [0.05, 0.1) is 12.2 Å². The Balaban J connectivity index is 2.86. The van der Waals surface area contributed by atoms with Gasteiger partial charge in [0, 0.05) is 18.8 Å². The molecule has 0 bridgehead atoms. The Labute approximate surface area is 115 Å². The van der Waals surface area contributed by atoms with Crippen LogP contribution in [0.5, 0.6) is 0 Å². The monoisotopic (exact) mass is 282 g/mol. The van der Waals surface area contributed by atoms with Crippen molar-refractivity contribution in [1.29, 1.82) is 0 Å². The summed E-state index contributed by atoms with van der Waals surface area (Å²) < 4.78 is 13.2. The minimum atomic E-state index is -1.42. The number of amides is 2. The summed E-state index contributed by atoms with van der Waals surface area (Å²) >= 11 is 0. The molecular formula is C13H15FN2O4. The van der Waals surface area contributed by atoms with Crippen LogP contribution >= 0.6 is 0 Å². The number of benzene rings is 1. The number of nitrogens with one attached hydrogen (secondary N) is 1. The number of anilines is 1. The topological polar surface area (TPSA) is 89.9 Å². The first kappa shape index (κ1) is 15.6. The quantitative estimate of drug-likeness (QED) is 0.690. The molecule has 0 aliphatic rings. The molecule has 2 amide bonds. The third kappa shape index (κ3) is 4.06. The van der Waals surface area contributed by atoms with E-state index in [1.54, 1.807) is 0 Å². The normalized spacial score (nSPS) is 9.90. The van der Waals surface area contributed by atoms with Crippen molar-refractivity contribution in [2.45, 2.75) is 0 Å². The summed E-state index contributed by atoms with van der Waals surface area (Å²) in [5.41, 5.74) is -0.374. The van der Waals surface area contributed by atoms with E-state index < -0.39 is 23.4 Å². The maximum Gasteiger partial charge on any atom is 0.338 e. The highest BCUT2D eigenvalue weighted by atomic mass is 19.1. The van der Waals surface area contributed by atoms with E-state index in [1.807, 2.05) is 0 Å². The molecular weight excluding hydrogens is 267 g/mol. The molecule has 0 heterocycles. The molecule has 1 aromatic rings. The number of urea groups is 1. The molecule has 108 valence electrons. The summed E-state index contributed by atoms with van der Waals surface area (Å²) in [6.07, 6.45) is 1.49. The van der Waals surface area contributed by atoms with Gasteiger partial charge in [0.1, 0.15) is 5.82 Å². The summed E-state index contributed by atoms with van der Waals surface area (Å²) in [6.45, 7) is 3.60. The van der Waals surface area contributed by atoms with Crippen LogP contribution < -0.4 is 5.32 Å². The summed E-state index contributed by atoms with van der Waals surface area (Å²) in [5.74, 6) is -2.30. The van der Waals surface area contributed by atoms with Crippen molar-refractivity contribution in [3.63, 3.8) is 0 Å². The minimum absolute atomic E-state index is 0.102. The van der Waals surface area contributed by atoms with Gasteiger partial charge in [0.15, 0.2) is 0 Å². The molecule has 0 spiro atoms. The van der Waals surface area contributed by atoms with Gasteiger partial charge in [-0.15, -0.1) is 6.58 Å². The highest BCUT2D eigenvalue weighted by Gasteiger charge is 2.15. The number of hydrogen-bond acceptors (Lipinski definition) is 3. The Morgan fingerprint density at radius 3 is 2.70 bits per heavy atom. The lowest BCUT2D eigenvalue weighted by atomic mass is 10.2. The summed E-state index contributed by atoms with van der Waals surface area (Å²) in [4.78, 5) is 23.9. The first-order valence-corrected chi connectivity index (χ1v) is 5.80. The van der Waals surface area contributed by atoms with Gasteiger partial charge in [0.2, 0.25) is 0 Å². The number of aliphatic hydroxyl groups excluding tert-OH is 1. The van der Waals surface area contributed by atoms with Gasteiger partial charge in [-0.25, -0.2) is 14.0 Å². The molecule has 0 radical (unpaired) electrons. The third-order valence-corrected chi connectivity index (χ3v) is 2.45. The average molecular weight is 282 g/mol. The van der Waals surface area contributed by atoms with Crippen LogP contribution in [-0.4, -0.2) is 46.8 Å². The number of carbonyl (C=O) groups is 2. The molecule has 0 aromatic heterocycles. The predicted molar refractivity (Wildman–Crippen MR) is 71.2 cm³/mol. The van der Waals surface area contributed by atoms with Crippen molar-refractivity contribution in [1.82, 2.24) is 4.90 Å². The van der Waals surface area contributed by atoms with Crippen LogP contribution in [0, 0.1) is 5.82 Å². The molecule has 0 fully saturated rings. The molecule has 7 heteroatoms. The summed E-state index contributed by atoms with van der Waals surface area (Å²) in [6, 6.07) is 2.70. The zero-order valence-corrected chi connectivity index (χ0v) is 10.7. The molecule has 0 aliphatic heterocycles. The molecule has 0 atom stereocenters. The molecule has 0 unspecified atom stereocenters. The van der Waals surface area contributed by atoms with E-state index in [0.29, 0.717) is 0 Å². The number of carboxylic acids is 1. The van der Waals surface area contributed by atoms with Crippen molar-refractivity contribution in [2.75, 3.05) is 25.0 Å². The van der Waals surface area contributed by atoms with Crippen LogP contribution in [0.2, 0.25) is 0 Å². The minimum Gasteiger partial charge on any atom is -0.478 e. The second kappa shape index (κ2) is 7.25. The van der Waals surface area contributed by atoms with Crippen LogP contribution in [0.4, 0.5) is 14.9 Å². The smallest absolute Gasteiger partial charge is 0.338 e. The number of aromatic carboxylic acids is 1. The van der Waals surface area contributed by atoms with E-state index in [9.17, 15) is 14.0 Å². The highest BCUT2D eigenvalue weighted by molar-refractivity contribution is 5.93. The van der Waals surface area contributed by atoms with Crippen molar-refractivity contribution in [3.8, 4) is 0 Å². The fourth-order valence-corrected chi connectivity index (χ4v) is 1.52. The lowest BCUT2D eigenvalue weighted by Gasteiger charge is -2.20. The number of halogens is 1. The van der Waals surface area contributed by atoms with E-state index in [2.05, 4.69) is 11.9 Å². The number of aliphatic hydroxyl groups is 1. The van der Waals surface area contributed by atoms with E-state index in [4.69, 9.17) is 10.2 Å². The van der Waals surface area contributed by atoms with Gasteiger partial charge in [-0.2, -0.15) is 0 Å². The second-order valence-corrected chi connectivity index (χ2v) is 3.89. The fourth-order valence-electron chi connectivity index (χ4n) is 1.52. The maximum absolute atomic E-state index is 13.2. The van der Waals surface area contributed by atoms with Crippen LogP contribution in [0.1, 0.15) is 10.4 Å². The zero-order chi connectivity index (χ0) is 15.1. The zero-order valence-electron chi connectivity index (χ0n) is 10.7. The first-order chi connectivity index (χ1) is 9.49. The van der Waals surface area contributed by atoms with E-state index in [1.165, 1.54) is 17.0 Å². The van der Waals surface area contributed by atoms with E-state index >= 15 is 0 Å². The second-order valence-electron chi connectivity index (χ2n) is 3.89. The van der Waals surface area contributed by atoms with Crippen LogP contribution in [0.25, 0.3) is 0 Å². The van der Waals surface area contributed by atoms with Crippen LogP contribution in [0.15, 0.2) is 30.9 Å². The molecule has 0 aliphatic carbocycles. The predicted octanol–water partition coefficient (Wildman–Crippen LogP) is 1.54. The number of carbonyl (C=O) groups excluding carboxylic acids is 1. The Kier molecular flexibility index (Phi) is 5.67. The van der Waals surface area contributed by atoms with Crippen LogP contribution in [0.3, 0.4) is 0 Å². The summed E-state index contributed by atoms with van der Waals surface area (Å²) in [7, 11) is 0. The molecule has 1 aromatic carbocycles.